The van der Waals surface area contributed by atoms with Crippen molar-refractivity contribution in [2.75, 3.05) is 6.54 Å². The number of fused-ring (bicyclic) bond motifs is 1. The molecule has 1 aliphatic heterocycles. The van der Waals surface area contributed by atoms with Crippen LogP contribution in [0.2, 0.25) is 0 Å². The number of hydrogen-bond donors (Lipinski definition) is 0. The summed E-state index contributed by atoms with van der Waals surface area (Å²) in [6.07, 6.45) is -0.320. The van der Waals surface area contributed by atoms with Gasteiger partial charge in [0, 0.05) is 22.4 Å². The van der Waals surface area contributed by atoms with Gasteiger partial charge in [0.15, 0.2) is 0 Å². The standard InChI is InChI=1S/C22H21FN2O2S/c1-22(2)14-25(21(26)27-13-15-6-4-3-5-7-15)12-18-19(22)24-20(28-18)16-8-10-17(23)11-9-16/h3-11H,12-14H2,1-2H3. The van der Waals surface area contributed by atoms with Crippen LogP contribution < -0.4 is 0 Å². The molecule has 0 radical (unpaired) electrons. The zero-order valence-electron chi connectivity index (χ0n) is 15.8. The molecule has 0 fully saturated rings. The molecule has 1 amide bonds. The molecule has 0 spiro atoms. The van der Waals surface area contributed by atoms with Crippen molar-refractivity contribution in [1.82, 2.24) is 9.88 Å². The van der Waals surface area contributed by atoms with Crippen LogP contribution in [0.4, 0.5) is 9.18 Å². The summed E-state index contributed by atoms with van der Waals surface area (Å²) in [4.78, 5) is 20.2. The number of rotatable bonds is 3. The Kier molecular flexibility index (Phi) is 4.89. The van der Waals surface area contributed by atoms with Gasteiger partial charge in [0.1, 0.15) is 17.4 Å². The summed E-state index contributed by atoms with van der Waals surface area (Å²) in [7, 11) is 0. The fourth-order valence-electron chi connectivity index (χ4n) is 3.42. The van der Waals surface area contributed by atoms with E-state index < -0.39 is 0 Å². The number of benzene rings is 2. The Morgan fingerprint density at radius 2 is 1.89 bits per heavy atom. The van der Waals surface area contributed by atoms with Gasteiger partial charge in [0.2, 0.25) is 0 Å². The van der Waals surface area contributed by atoms with E-state index in [9.17, 15) is 9.18 Å². The summed E-state index contributed by atoms with van der Waals surface area (Å²) < 4.78 is 18.7. The van der Waals surface area contributed by atoms with Gasteiger partial charge < -0.3 is 9.64 Å². The monoisotopic (exact) mass is 396 g/mol. The lowest BCUT2D eigenvalue weighted by molar-refractivity contribution is 0.0820. The topological polar surface area (TPSA) is 42.4 Å². The molecular weight excluding hydrogens is 375 g/mol. The second-order valence-corrected chi connectivity index (χ2v) is 8.66. The maximum atomic E-state index is 13.2. The van der Waals surface area contributed by atoms with E-state index in [-0.39, 0.29) is 23.9 Å². The molecule has 0 N–H and O–H groups in total. The number of hydrogen-bond acceptors (Lipinski definition) is 4. The number of amides is 1. The highest BCUT2D eigenvalue weighted by atomic mass is 32.1. The van der Waals surface area contributed by atoms with E-state index in [0.29, 0.717) is 13.1 Å². The van der Waals surface area contributed by atoms with Gasteiger partial charge in [-0.15, -0.1) is 11.3 Å². The predicted molar refractivity (Wildman–Crippen MR) is 108 cm³/mol. The van der Waals surface area contributed by atoms with Crippen LogP contribution in [0, 0.1) is 5.82 Å². The molecule has 0 atom stereocenters. The summed E-state index contributed by atoms with van der Waals surface area (Å²) >= 11 is 1.55. The second-order valence-electron chi connectivity index (χ2n) is 7.58. The molecule has 4 nitrogen and oxygen atoms in total. The molecule has 3 aromatic rings. The average molecular weight is 396 g/mol. The molecular formula is C22H21FN2O2S. The van der Waals surface area contributed by atoms with Crippen LogP contribution in [0.5, 0.6) is 0 Å². The van der Waals surface area contributed by atoms with Crippen molar-refractivity contribution in [3.8, 4) is 10.6 Å². The fourth-order valence-corrected chi connectivity index (χ4v) is 4.69. The van der Waals surface area contributed by atoms with Crippen LogP contribution in [0.3, 0.4) is 0 Å². The van der Waals surface area contributed by atoms with E-state index in [1.807, 2.05) is 30.3 Å². The summed E-state index contributed by atoms with van der Waals surface area (Å²) in [5.74, 6) is -0.266. The quantitative estimate of drug-likeness (QED) is 0.597. The van der Waals surface area contributed by atoms with Crippen LogP contribution in [0.25, 0.3) is 10.6 Å². The number of carbonyl (C=O) groups is 1. The normalized spacial score (nSPS) is 15.2. The summed E-state index contributed by atoms with van der Waals surface area (Å²) in [6, 6.07) is 16.0. The van der Waals surface area contributed by atoms with Crippen LogP contribution in [-0.4, -0.2) is 22.5 Å². The van der Waals surface area contributed by atoms with Crippen molar-refractivity contribution in [3.05, 3.63) is 76.5 Å². The van der Waals surface area contributed by atoms with Crippen LogP contribution in [-0.2, 0) is 23.3 Å². The second kappa shape index (κ2) is 7.36. The number of thiazole rings is 1. The number of ether oxygens (including phenoxy) is 1. The molecule has 0 bridgehead atoms. The molecule has 6 heteroatoms. The van der Waals surface area contributed by atoms with Gasteiger partial charge in [-0.3, -0.25) is 0 Å². The summed E-state index contributed by atoms with van der Waals surface area (Å²) in [6.45, 7) is 5.44. The molecule has 0 unspecified atom stereocenters. The van der Waals surface area contributed by atoms with Gasteiger partial charge in [-0.25, -0.2) is 14.2 Å². The van der Waals surface area contributed by atoms with Crippen molar-refractivity contribution in [1.29, 1.82) is 0 Å². The molecule has 0 aliphatic carbocycles. The van der Waals surface area contributed by atoms with Crippen molar-refractivity contribution in [3.63, 3.8) is 0 Å². The summed E-state index contributed by atoms with van der Waals surface area (Å²) in [5.41, 5.74) is 2.57. The molecule has 2 aromatic carbocycles. The Balaban J connectivity index is 1.52. The fraction of sp³-hybridized carbons (Fsp3) is 0.273. The molecule has 1 aromatic heterocycles. The third-order valence-corrected chi connectivity index (χ3v) is 5.90. The third kappa shape index (κ3) is 3.78. The number of halogens is 1. The summed E-state index contributed by atoms with van der Waals surface area (Å²) in [5, 5.41) is 0.845. The van der Waals surface area contributed by atoms with Crippen molar-refractivity contribution < 1.29 is 13.9 Å². The molecule has 0 saturated carbocycles. The van der Waals surface area contributed by atoms with Crippen LogP contribution in [0.1, 0.15) is 30.0 Å². The van der Waals surface area contributed by atoms with Gasteiger partial charge >= 0.3 is 6.09 Å². The van der Waals surface area contributed by atoms with E-state index in [2.05, 4.69) is 13.8 Å². The minimum Gasteiger partial charge on any atom is -0.445 e. The zero-order chi connectivity index (χ0) is 19.7. The molecule has 4 rings (SSSR count). The SMILES string of the molecule is CC1(C)CN(C(=O)OCc2ccccc2)Cc2sc(-c3ccc(F)cc3)nc21. The highest BCUT2D eigenvalue weighted by Crippen LogP contribution is 2.39. The van der Waals surface area contributed by atoms with E-state index in [1.54, 1.807) is 28.4 Å². The average Bonchev–Trinajstić information content (AvgIpc) is 3.12. The lowest BCUT2D eigenvalue weighted by atomic mass is 9.85. The van der Waals surface area contributed by atoms with Crippen LogP contribution in [0.15, 0.2) is 54.6 Å². The molecule has 0 saturated heterocycles. The lowest BCUT2D eigenvalue weighted by Crippen LogP contribution is -2.45. The van der Waals surface area contributed by atoms with Gasteiger partial charge in [-0.1, -0.05) is 44.2 Å². The minimum absolute atomic E-state index is 0.257. The molecule has 2 heterocycles. The predicted octanol–water partition coefficient (Wildman–Crippen LogP) is 5.38. The Hall–Kier alpha value is -2.73. The largest absolute Gasteiger partial charge is 0.445 e. The Morgan fingerprint density at radius 1 is 1.18 bits per heavy atom. The molecule has 28 heavy (non-hydrogen) atoms. The Morgan fingerprint density at radius 3 is 2.61 bits per heavy atom. The maximum Gasteiger partial charge on any atom is 0.410 e. The Bertz CT molecular complexity index is 984. The van der Waals surface area contributed by atoms with Crippen LogP contribution >= 0.6 is 11.3 Å². The number of nitrogens with zero attached hydrogens (tertiary/aromatic N) is 2. The smallest absolute Gasteiger partial charge is 0.410 e. The minimum atomic E-state index is -0.320. The van der Waals surface area contributed by atoms with Crippen molar-refractivity contribution in [2.24, 2.45) is 0 Å². The first-order valence-electron chi connectivity index (χ1n) is 9.14. The van der Waals surface area contributed by atoms with E-state index in [1.165, 1.54) is 12.1 Å². The molecule has 1 aliphatic rings. The van der Waals surface area contributed by atoms with E-state index in [0.717, 1.165) is 26.7 Å². The van der Waals surface area contributed by atoms with Gasteiger partial charge in [0.25, 0.3) is 0 Å². The maximum absolute atomic E-state index is 13.2. The van der Waals surface area contributed by atoms with Crippen molar-refractivity contribution >= 4 is 17.4 Å². The van der Waals surface area contributed by atoms with E-state index in [4.69, 9.17) is 9.72 Å². The Labute approximate surface area is 167 Å². The highest BCUT2D eigenvalue weighted by Gasteiger charge is 2.37. The third-order valence-electron chi connectivity index (χ3n) is 4.81. The van der Waals surface area contributed by atoms with Gasteiger partial charge in [-0.2, -0.15) is 0 Å². The number of aromatic nitrogens is 1. The number of carbonyl (C=O) groups excluding carboxylic acids is 1. The van der Waals surface area contributed by atoms with E-state index >= 15 is 0 Å². The molecule has 144 valence electrons. The lowest BCUT2D eigenvalue weighted by Gasteiger charge is -2.36. The first kappa shape index (κ1) is 18.6. The van der Waals surface area contributed by atoms with Gasteiger partial charge in [-0.05, 0) is 29.8 Å². The van der Waals surface area contributed by atoms with Gasteiger partial charge in [0.05, 0.1) is 12.2 Å². The van der Waals surface area contributed by atoms with Crippen molar-refractivity contribution in [2.45, 2.75) is 32.4 Å². The zero-order valence-corrected chi connectivity index (χ0v) is 16.6. The first-order chi connectivity index (χ1) is 13.4. The first-order valence-corrected chi connectivity index (χ1v) is 9.96. The highest BCUT2D eigenvalue weighted by molar-refractivity contribution is 7.15.